The Kier molecular flexibility index (Phi) is 5.69. The fourth-order valence-electron chi connectivity index (χ4n) is 1.78. The normalized spacial score (nSPS) is 11.1. The number of rotatable bonds is 6. The maximum absolute atomic E-state index is 11.7. The molecule has 0 aromatic carbocycles. The van der Waals surface area contributed by atoms with Gasteiger partial charge in [0.1, 0.15) is 11.6 Å². The third-order valence-corrected chi connectivity index (χ3v) is 2.55. The summed E-state index contributed by atoms with van der Waals surface area (Å²) in [7, 11) is 0. The Bertz CT molecular complexity index is 413. The molecule has 0 spiro atoms. The summed E-state index contributed by atoms with van der Waals surface area (Å²) in [4.78, 5) is 22.2. The van der Waals surface area contributed by atoms with E-state index in [1.165, 1.54) is 0 Å². The first-order valence-electron chi connectivity index (χ1n) is 6.52. The molecular weight excluding hydrogens is 242 g/mol. The summed E-state index contributed by atoms with van der Waals surface area (Å²) in [5.41, 5.74) is 6.53. The predicted molar refractivity (Wildman–Crippen MR) is 75.4 cm³/mol. The van der Waals surface area contributed by atoms with Crippen molar-refractivity contribution in [1.29, 1.82) is 0 Å². The van der Waals surface area contributed by atoms with Crippen LogP contribution in [0.5, 0.6) is 0 Å². The van der Waals surface area contributed by atoms with Crippen LogP contribution in [0.25, 0.3) is 0 Å². The Morgan fingerprint density at radius 2 is 2.16 bits per heavy atom. The number of carbonyl (C=O) groups excluding carboxylic acids is 1. The van der Waals surface area contributed by atoms with E-state index in [0.717, 1.165) is 12.2 Å². The predicted octanol–water partition coefficient (Wildman–Crippen LogP) is 0.714. The molecule has 0 aliphatic rings. The number of hydrogen-bond acceptors (Lipinski definition) is 5. The van der Waals surface area contributed by atoms with Crippen LogP contribution in [0.3, 0.4) is 0 Å². The zero-order chi connectivity index (χ0) is 14.4. The molecule has 0 radical (unpaired) electrons. The van der Waals surface area contributed by atoms with Crippen LogP contribution >= 0.6 is 0 Å². The smallest absolute Gasteiger partial charge is 0.234 e. The zero-order valence-corrected chi connectivity index (χ0v) is 12.1. The van der Waals surface area contributed by atoms with E-state index < -0.39 is 0 Å². The van der Waals surface area contributed by atoms with Gasteiger partial charge in [-0.15, -0.1) is 0 Å². The second-order valence-electron chi connectivity index (χ2n) is 4.88. The van der Waals surface area contributed by atoms with Crippen molar-refractivity contribution in [2.45, 2.75) is 40.3 Å². The molecule has 0 aliphatic heterocycles. The highest BCUT2D eigenvalue weighted by atomic mass is 16.2. The summed E-state index contributed by atoms with van der Waals surface area (Å²) in [6, 6.07) is 1.88. The first-order chi connectivity index (χ1) is 8.90. The molecule has 1 amide bonds. The van der Waals surface area contributed by atoms with Crippen LogP contribution in [0.2, 0.25) is 0 Å². The molecule has 3 N–H and O–H groups in total. The summed E-state index contributed by atoms with van der Waals surface area (Å²) in [6.07, 6.45) is 0. The number of anilines is 1. The van der Waals surface area contributed by atoms with Gasteiger partial charge < -0.3 is 11.1 Å². The quantitative estimate of drug-likeness (QED) is 0.791. The van der Waals surface area contributed by atoms with Gasteiger partial charge in [0.2, 0.25) is 5.91 Å². The summed E-state index contributed by atoms with van der Waals surface area (Å²) in [6.45, 7) is 9.38. The number of nitrogen functional groups attached to an aromatic ring is 1. The standard InChI is InChI=1S/C13H23N5O/c1-5-18(8-13(19)15-9(2)3)7-12-16-10(4)6-11(14)17-12/h6,9H,5,7-8H2,1-4H3,(H,15,19)(H2,14,16,17). The van der Waals surface area contributed by atoms with Gasteiger partial charge in [0.25, 0.3) is 0 Å². The van der Waals surface area contributed by atoms with Crippen LogP contribution < -0.4 is 11.1 Å². The van der Waals surface area contributed by atoms with Gasteiger partial charge in [-0.05, 0) is 27.3 Å². The number of nitrogens with zero attached hydrogens (tertiary/aromatic N) is 3. The van der Waals surface area contributed by atoms with E-state index >= 15 is 0 Å². The van der Waals surface area contributed by atoms with Gasteiger partial charge in [0.15, 0.2) is 0 Å². The lowest BCUT2D eigenvalue weighted by Crippen LogP contribution is -2.40. The van der Waals surface area contributed by atoms with Crippen LogP contribution in [0, 0.1) is 6.92 Å². The van der Waals surface area contributed by atoms with Crippen molar-refractivity contribution < 1.29 is 4.79 Å². The molecular formula is C13H23N5O. The Morgan fingerprint density at radius 1 is 1.47 bits per heavy atom. The van der Waals surface area contributed by atoms with Gasteiger partial charge in [0, 0.05) is 17.8 Å². The second kappa shape index (κ2) is 7.04. The molecule has 1 aromatic rings. The largest absolute Gasteiger partial charge is 0.384 e. The van der Waals surface area contributed by atoms with Gasteiger partial charge in [0.05, 0.1) is 13.1 Å². The van der Waals surface area contributed by atoms with Crippen LogP contribution in [0.4, 0.5) is 5.82 Å². The van der Waals surface area contributed by atoms with E-state index in [1.807, 2.05) is 32.6 Å². The van der Waals surface area contributed by atoms with E-state index in [2.05, 4.69) is 15.3 Å². The van der Waals surface area contributed by atoms with Gasteiger partial charge >= 0.3 is 0 Å². The topological polar surface area (TPSA) is 84.1 Å². The van der Waals surface area contributed by atoms with E-state index in [0.29, 0.717) is 24.7 Å². The molecule has 0 unspecified atom stereocenters. The number of aryl methyl sites for hydroxylation is 1. The molecule has 6 heteroatoms. The summed E-state index contributed by atoms with van der Waals surface area (Å²) >= 11 is 0. The lowest BCUT2D eigenvalue weighted by Gasteiger charge is -2.20. The average Bonchev–Trinajstić information content (AvgIpc) is 2.25. The molecule has 0 saturated carbocycles. The fraction of sp³-hybridized carbons (Fsp3) is 0.615. The molecule has 6 nitrogen and oxygen atoms in total. The Hall–Kier alpha value is -1.69. The SMILES string of the molecule is CCN(CC(=O)NC(C)C)Cc1nc(C)cc(N)n1. The number of carbonyl (C=O) groups is 1. The molecule has 1 aromatic heterocycles. The minimum Gasteiger partial charge on any atom is -0.384 e. The number of nitrogens with one attached hydrogen (secondary N) is 1. The minimum absolute atomic E-state index is 0.0116. The average molecular weight is 265 g/mol. The van der Waals surface area contributed by atoms with Crippen molar-refractivity contribution in [2.75, 3.05) is 18.8 Å². The lowest BCUT2D eigenvalue weighted by molar-refractivity contribution is -0.122. The number of aromatic nitrogens is 2. The molecule has 0 bridgehead atoms. The first kappa shape index (κ1) is 15.4. The molecule has 19 heavy (non-hydrogen) atoms. The summed E-state index contributed by atoms with van der Waals surface area (Å²) < 4.78 is 0. The minimum atomic E-state index is 0.0116. The molecule has 0 aliphatic carbocycles. The van der Waals surface area contributed by atoms with Crippen LogP contribution in [0.1, 0.15) is 32.3 Å². The Morgan fingerprint density at radius 3 is 2.68 bits per heavy atom. The second-order valence-corrected chi connectivity index (χ2v) is 4.88. The van der Waals surface area contributed by atoms with E-state index in [-0.39, 0.29) is 11.9 Å². The van der Waals surface area contributed by atoms with E-state index in [1.54, 1.807) is 6.07 Å². The Labute approximate surface area is 114 Å². The number of nitrogens with two attached hydrogens (primary N) is 1. The first-order valence-corrected chi connectivity index (χ1v) is 6.52. The van der Waals surface area contributed by atoms with Gasteiger partial charge in [-0.2, -0.15) is 0 Å². The molecule has 0 atom stereocenters. The number of hydrogen-bond donors (Lipinski definition) is 2. The zero-order valence-electron chi connectivity index (χ0n) is 12.1. The molecule has 0 saturated heterocycles. The van der Waals surface area contributed by atoms with Gasteiger partial charge in [-0.3, -0.25) is 9.69 Å². The van der Waals surface area contributed by atoms with Crippen molar-refractivity contribution in [3.8, 4) is 0 Å². The highest BCUT2D eigenvalue weighted by Crippen LogP contribution is 2.04. The van der Waals surface area contributed by atoms with Gasteiger partial charge in [-0.1, -0.05) is 6.92 Å². The van der Waals surface area contributed by atoms with Crippen molar-refractivity contribution in [2.24, 2.45) is 0 Å². The molecule has 1 rings (SSSR count). The van der Waals surface area contributed by atoms with Crippen molar-refractivity contribution in [1.82, 2.24) is 20.2 Å². The summed E-state index contributed by atoms with van der Waals surface area (Å²) in [5.74, 6) is 1.12. The van der Waals surface area contributed by atoms with Crippen molar-refractivity contribution in [3.63, 3.8) is 0 Å². The van der Waals surface area contributed by atoms with Crippen molar-refractivity contribution >= 4 is 11.7 Å². The number of likely N-dealkylation sites (N-methyl/N-ethyl adjacent to an activating group) is 1. The highest BCUT2D eigenvalue weighted by molar-refractivity contribution is 5.78. The summed E-state index contributed by atoms with van der Waals surface area (Å²) in [5, 5.41) is 2.87. The van der Waals surface area contributed by atoms with Crippen LogP contribution in [-0.4, -0.2) is 39.9 Å². The fourth-order valence-corrected chi connectivity index (χ4v) is 1.78. The number of amides is 1. The Balaban J connectivity index is 2.63. The van der Waals surface area contributed by atoms with Crippen LogP contribution in [-0.2, 0) is 11.3 Å². The molecule has 1 heterocycles. The molecule has 0 fully saturated rings. The lowest BCUT2D eigenvalue weighted by atomic mass is 10.3. The molecule has 106 valence electrons. The monoisotopic (exact) mass is 265 g/mol. The third kappa shape index (κ3) is 5.65. The van der Waals surface area contributed by atoms with Gasteiger partial charge in [-0.25, -0.2) is 9.97 Å². The third-order valence-electron chi connectivity index (χ3n) is 2.55. The van der Waals surface area contributed by atoms with Crippen LogP contribution in [0.15, 0.2) is 6.07 Å². The van der Waals surface area contributed by atoms with E-state index in [9.17, 15) is 4.79 Å². The van der Waals surface area contributed by atoms with E-state index in [4.69, 9.17) is 5.73 Å². The maximum atomic E-state index is 11.7. The van der Waals surface area contributed by atoms with Crippen molar-refractivity contribution in [3.05, 3.63) is 17.6 Å². The highest BCUT2D eigenvalue weighted by Gasteiger charge is 2.12. The maximum Gasteiger partial charge on any atom is 0.234 e.